The van der Waals surface area contributed by atoms with Crippen LogP contribution in [0.15, 0.2) is 36.9 Å². The van der Waals surface area contributed by atoms with E-state index in [0.29, 0.717) is 6.54 Å². The Morgan fingerprint density at radius 1 is 1.38 bits per heavy atom. The second kappa shape index (κ2) is 3.26. The molecule has 0 spiro atoms. The molecule has 0 aliphatic carbocycles. The van der Waals surface area contributed by atoms with Crippen LogP contribution in [0, 0.1) is 0 Å². The van der Waals surface area contributed by atoms with Crippen molar-refractivity contribution in [2.75, 3.05) is 0 Å². The van der Waals surface area contributed by atoms with E-state index in [4.69, 9.17) is 5.11 Å². The van der Waals surface area contributed by atoms with Crippen molar-refractivity contribution in [2.24, 2.45) is 0 Å². The van der Waals surface area contributed by atoms with Crippen molar-refractivity contribution in [3.8, 4) is 5.75 Å². The molecule has 0 bridgehead atoms. The maximum absolute atomic E-state index is 9.03. The highest BCUT2D eigenvalue weighted by Gasteiger charge is 1.96. The summed E-state index contributed by atoms with van der Waals surface area (Å²) >= 11 is 0. The zero-order chi connectivity index (χ0) is 9.10. The normalized spacial score (nSPS) is 10.2. The summed E-state index contributed by atoms with van der Waals surface area (Å²) in [5.41, 5.74) is 1.06. The number of aromatic nitrogens is 3. The average molecular weight is 175 g/mol. The Bertz CT molecular complexity index is 383. The largest absolute Gasteiger partial charge is 0.505 e. The van der Waals surface area contributed by atoms with E-state index < -0.39 is 0 Å². The molecule has 0 aliphatic heterocycles. The molecule has 0 unspecified atom stereocenters. The van der Waals surface area contributed by atoms with Crippen molar-refractivity contribution in [2.45, 2.75) is 6.54 Å². The SMILES string of the molecule is Oc1cnn(Cc2cccnc2)c1. The van der Waals surface area contributed by atoms with Gasteiger partial charge in [0.2, 0.25) is 0 Å². The van der Waals surface area contributed by atoms with Gasteiger partial charge in [-0.25, -0.2) is 0 Å². The smallest absolute Gasteiger partial charge is 0.153 e. The van der Waals surface area contributed by atoms with E-state index in [1.165, 1.54) is 6.20 Å². The molecule has 0 saturated carbocycles. The number of nitrogens with zero attached hydrogens (tertiary/aromatic N) is 3. The van der Waals surface area contributed by atoms with Gasteiger partial charge < -0.3 is 5.11 Å². The highest BCUT2D eigenvalue weighted by Crippen LogP contribution is 2.06. The summed E-state index contributed by atoms with van der Waals surface area (Å²) in [6.07, 6.45) is 6.49. The first-order valence-electron chi connectivity index (χ1n) is 3.95. The van der Waals surface area contributed by atoms with E-state index in [9.17, 15) is 0 Å². The summed E-state index contributed by atoms with van der Waals surface area (Å²) in [6.45, 7) is 0.633. The molecule has 0 aliphatic rings. The third-order valence-corrected chi connectivity index (χ3v) is 1.69. The Balaban J connectivity index is 2.15. The molecule has 0 saturated heterocycles. The second-order valence-corrected chi connectivity index (χ2v) is 2.76. The second-order valence-electron chi connectivity index (χ2n) is 2.76. The molecule has 2 aromatic rings. The van der Waals surface area contributed by atoms with Gasteiger partial charge in [0.1, 0.15) is 0 Å². The monoisotopic (exact) mass is 175 g/mol. The topological polar surface area (TPSA) is 50.9 Å². The molecular formula is C9H9N3O. The van der Waals surface area contributed by atoms with Crippen LogP contribution in [-0.4, -0.2) is 19.9 Å². The lowest BCUT2D eigenvalue weighted by atomic mass is 10.3. The van der Waals surface area contributed by atoms with E-state index in [1.807, 2.05) is 12.1 Å². The molecule has 0 radical (unpaired) electrons. The maximum atomic E-state index is 9.03. The van der Waals surface area contributed by atoms with Crippen LogP contribution in [0.25, 0.3) is 0 Å². The summed E-state index contributed by atoms with van der Waals surface area (Å²) in [5, 5.41) is 13.0. The zero-order valence-electron chi connectivity index (χ0n) is 6.96. The lowest BCUT2D eigenvalue weighted by molar-refractivity contribution is 0.474. The number of pyridine rings is 1. The van der Waals surface area contributed by atoms with Crippen LogP contribution < -0.4 is 0 Å². The van der Waals surface area contributed by atoms with Gasteiger partial charge in [-0.3, -0.25) is 9.67 Å². The first-order valence-corrected chi connectivity index (χ1v) is 3.95. The maximum Gasteiger partial charge on any atom is 0.153 e. The quantitative estimate of drug-likeness (QED) is 0.741. The predicted molar refractivity (Wildman–Crippen MR) is 47.2 cm³/mol. The van der Waals surface area contributed by atoms with Crippen LogP contribution in [0.3, 0.4) is 0 Å². The van der Waals surface area contributed by atoms with Gasteiger partial charge in [0.25, 0.3) is 0 Å². The Morgan fingerprint density at radius 2 is 2.31 bits per heavy atom. The number of rotatable bonds is 2. The molecule has 66 valence electrons. The fraction of sp³-hybridized carbons (Fsp3) is 0.111. The Kier molecular flexibility index (Phi) is 1.96. The molecule has 4 nitrogen and oxygen atoms in total. The van der Waals surface area contributed by atoms with Crippen LogP contribution in [-0.2, 0) is 6.54 Å². The van der Waals surface area contributed by atoms with Crippen molar-refractivity contribution in [3.05, 3.63) is 42.5 Å². The predicted octanol–water partition coefficient (Wildman–Crippen LogP) is 1.03. The number of hydrogen-bond acceptors (Lipinski definition) is 3. The number of hydrogen-bond donors (Lipinski definition) is 1. The van der Waals surface area contributed by atoms with Crippen LogP contribution >= 0.6 is 0 Å². The zero-order valence-corrected chi connectivity index (χ0v) is 6.96. The molecule has 0 atom stereocenters. The minimum Gasteiger partial charge on any atom is -0.505 e. The fourth-order valence-electron chi connectivity index (χ4n) is 1.12. The van der Waals surface area contributed by atoms with Crippen LogP contribution in [0.1, 0.15) is 5.56 Å². The van der Waals surface area contributed by atoms with E-state index in [2.05, 4.69) is 10.1 Å². The van der Waals surface area contributed by atoms with Gasteiger partial charge in [-0.1, -0.05) is 6.07 Å². The van der Waals surface area contributed by atoms with E-state index in [1.54, 1.807) is 23.3 Å². The summed E-state index contributed by atoms with van der Waals surface area (Å²) in [7, 11) is 0. The lowest BCUT2D eigenvalue weighted by Gasteiger charge is -1.99. The molecule has 0 fully saturated rings. The molecule has 2 heterocycles. The van der Waals surface area contributed by atoms with Gasteiger partial charge in [-0.05, 0) is 11.6 Å². The fourth-order valence-corrected chi connectivity index (χ4v) is 1.12. The minimum atomic E-state index is 0.184. The third-order valence-electron chi connectivity index (χ3n) is 1.69. The standard InChI is InChI=1S/C9H9N3O/c13-9-5-11-12(7-9)6-8-2-1-3-10-4-8/h1-5,7,13H,6H2. The van der Waals surface area contributed by atoms with Crippen LogP contribution in [0.2, 0.25) is 0 Å². The third kappa shape index (κ3) is 1.84. The van der Waals surface area contributed by atoms with Crippen molar-refractivity contribution in [1.29, 1.82) is 0 Å². The van der Waals surface area contributed by atoms with Gasteiger partial charge in [0, 0.05) is 12.4 Å². The van der Waals surface area contributed by atoms with Gasteiger partial charge in [-0.2, -0.15) is 5.10 Å². The van der Waals surface area contributed by atoms with Gasteiger partial charge in [0.15, 0.2) is 5.75 Å². The van der Waals surface area contributed by atoms with E-state index in [0.717, 1.165) is 5.56 Å². The first kappa shape index (κ1) is 7.79. The molecular weight excluding hydrogens is 166 g/mol. The van der Waals surface area contributed by atoms with Crippen LogP contribution in [0.4, 0.5) is 0 Å². The minimum absolute atomic E-state index is 0.184. The molecule has 13 heavy (non-hydrogen) atoms. The highest BCUT2D eigenvalue weighted by molar-refractivity contribution is 5.12. The van der Waals surface area contributed by atoms with Crippen LogP contribution in [0.5, 0.6) is 5.75 Å². The average Bonchev–Trinajstić information content (AvgIpc) is 2.53. The molecule has 1 N–H and O–H groups in total. The van der Waals surface area contributed by atoms with E-state index in [-0.39, 0.29) is 5.75 Å². The lowest BCUT2D eigenvalue weighted by Crippen LogP contribution is -1.99. The number of aromatic hydroxyl groups is 1. The van der Waals surface area contributed by atoms with Crippen molar-refractivity contribution >= 4 is 0 Å². The molecule has 2 rings (SSSR count). The Hall–Kier alpha value is -1.84. The van der Waals surface area contributed by atoms with Crippen molar-refractivity contribution in [1.82, 2.24) is 14.8 Å². The van der Waals surface area contributed by atoms with Gasteiger partial charge in [-0.15, -0.1) is 0 Å². The van der Waals surface area contributed by atoms with E-state index >= 15 is 0 Å². The summed E-state index contributed by atoms with van der Waals surface area (Å²) in [5.74, 6) is 0.184. The molecule has 0 amide bonds. The van der Waals surface area contributed by atoms with Gasteiger partial charge >= 0.3 is 0 Å². The van der Waals surface area contributed by atoms with Crippen molar-refractivity contribution in [3.63, 3.8) is 0 Å². The highest BCUT2D eigenvalue weighted by atomic mass is 16.3. The molecule has 2 aromatic heterocycles. The summed E-state index contributed by atoms with van der Waals surface area (Å²) in [4.78, 5) is 3.98. The summed E-state index contributed by atoms with van der Waals surface area (Å²) < 4.78 is 1.66. The molecule has 0 aromatic carbocycles. The Labute approximate surface area is 75.5 Å². The van der Waals surface area contributed by atoms with Crippen molar-refractivity contribution < 1.29 is 5.11 Å². The first-order chi connectivity index (χ1) is 6.34. The Morgan fingerprint density at radius 3 is 2.92 bits per heavy atom. The summed E-state index contributed by atoms with van der Waals surface area (Å²) in [6, 6.07) is 3.84. The molecule has 4 heteroatoms. The van der Waals surface area contributed by atoms with Gasteiger partial charge in [0.05, 0.1) is 18.9 Å².